The summed E-state index contributed by atoms with van der Waals surface area (Å²) in [4.78, 5) is 12.9. The number of aromatic nitrogens is 1. The summed E-state index contributed by atoms with van der Waals surface area (Å²) in [5, 5.41) is 10.2. The van der Waals surface area contributed by atoms with Crippen LogP contribution in [0.2, 0.25) is 5.15 Å². The third-order valence-electron chi connectivity index (χ3n) is 1.36. The van der Waals surface area contributed by atoms with Crippen molar-refractivity contribution >= 4 is 17.3 Å². The lowest BCUT2D eigenvalue weighted by Crippen LogP contribution is -1.97. The number of rotatable bonds is 1. The van der Waals surface area contributed by atoms with E-state index in [1.807, 2.05) is 0 Å². The van der Waals surface area contributed by atoms with Crippen LogP contribution in [0.15, 0.2) is 6.20 Å². The Bertz CT molecular complexity index is 343. The fourth-order valence-electron chi connectivity index (χ4n) is 0.772. The summed E-state index contributed by atoms with van der Waals surface area (Å²) < 4.78 is 12.7. The zero-order valence-electron chi connectivity index (χ0n) is 6.04. The van der Waals surface area contributed by atoms with E-state index in [1.165, 1.54) is 6.92 Å². The molecule has 0 aliphatic carbocycles. The number of pyridine rings is 1. The molecule has 0 fully saturated rings. The summed E-state index contributed by atoms with van der Waals surface area (Å²) >= 11 is 5.45. The van der Waals surface area contributed by atoms with E-state index in [2.05, 4.69) is 4.98 Å². The summed E-state index contributed by atoms with van der Waals surface area (Å²) in [6, 6.07) is 0. The number of hydrogen-bond donors (Lipinski definition) is 0. The van der Waals surface area contributed by atoms with E-state index in [-0.39, 0.29) is 10.7 Å². The van der Waals surface area contributed by atoms with E-state index in [4.69, 9.17) is 11.6 Å². The summed E-state index contributed by atoms with van der Waals surface area (Å²) in [5.41, 5.74) is -0.573. The van der Waals surface area contributed by atoms with Crippen molar-refractivity contribution in [2.45, 2.75) is 6.92 Å². The smallest absolute Gasteiger partial charge is 0.258 e. The van der Waals surface area contributed by atoms with Crippen LogP contribution in [-0.4, -0.2) is 9.91 Å². The SMILES string of the molecule is Cc1c(Cl)ncc(F)c1[N+](=O)[O-]. The van der Waals surface area contributed by atoms with Gasteiger partial charge in [0.05, 0.1) is 16.7 Å². The monoisotopic (exact) mass is 190 g/mol. The van der Waals surface area contributed by atoms with E-state index in [9.17, 15) is 14.5 Å². The second-order valence-corrected chi connectivity index (χ2v) is 2.49. The van der Waals surface area contributed by atoms with Gasteiger partial charge in [-0.1, -0.05) is 11.6 Å². The molecule has 0 atom stereocenters. The molecule has 64 valence electrons. The fraction of sp³-hybridized carbons (Fsp3) is 0.167. The maximum Gasteiger partial charge on any atom is 0.312 e. The zero-order chi connectivity index (χ0) is 9.30. The molecule has 0 aromatic carbocycles. The molecule has 4 nitrogen and oxygen atoms in total. The molecule has 1 aromatic rings. The van der Waals surface area contributed by atoms with Crippen molar-refractivity contribution in [3.05, 3.63) is 32.8 Å². The second kappa shape index (κ2) is 3.02. The maximum atomic E-state index is 12.7. The van der Waals surface area contributed by atoms with Gasteiger partial charge in [-0.05, 0) is 6.92 Å². The first-order valence-corrected chi connectivity index (χ1v) is 3.37. The van der Waals surface area contributed by atoms with Crippen LogP contribution in [0.3, 0.4) is 0 Å². The Kier molecular flexibility index (Phi) is 2.23. The third-order valence-corrected chi connectivity index (χ3v) is 1.75. The predicted molar refractivity (Wildman–Crippen MR) is 40.6 cm³/mol. The maximum absolute atomic E-state index is 12.7. The Morgan fingerprint density at radius 3 is 2.75 bits per heavy atom. The zero-order valence-corrected chi connectivity index (χ0v) is 6.80. The summed E-state index contributed by atoms with van der Waals surface area (Å²) in [6.07, 6.45) is 0.730. The normalized spacial score (nSPS) is 9.92. The van der Waals surface area contributed by atoms with Crippen LogP contribution in [0, 0.1) is 22.9 Å². The highest BCUT2D eigenvalue weighted by molar-refractivity contribution is 6.30. The highest BCUT2D eigenvalue weighted by Gasteiger charge is 2.20. The van der Waals surface area contributed by atoms with Crippen LogP contribution < -0.4 is 0 Å². The Morgan fingerprint density at radius 2 is 2.33 bits per heavy atom. The molecule has 1 aromatic heterocycles. The molecule has 0 bridgehead atoms. The van der Waals surface area contributed by atoms with Gasteiger partial charge in [0.25, 0.3) is 0 Å². The van der Waals surface area contributed by atoms with Gasteiger partial charge in [0.15, 0.2) is 0 Å². The van der Waals surface area contributed by atoms with Crippen molar-refractivity contribution in [1.29, 1.82) is 0 Å². The van der Waals surface area contributed by atoms with Crippen molar-refractivity contribution < 1.29 is 9.31 Å². The molecule has 0 N–H and O–H groups in total. The first-order chi connectivity index (χ1) is 5.54. The van der Waals surface area contributed by atoms with Gasteiger partial charge < -0.3 is 0 Å². The van der Waals surface area contributed by atoms with Crippen LogP contribution in [0.5, 0.6) is 0 Å². The van der Waals surface area contributed by atoms with Gasteiger partial charge in [-0.3, -0.25) is 10.1 Å². The molecule has 12 heavy (non-hydrogen) atoms. The van der Waals surface area contributed by atoms with Crippen molar-refractivity contribution in [2.75, 3.05) is 0 Å². The average Bonchev–Trinajstić information content (AvgIpc) is 1.97. The largest absolute Gasteiger partial charge is 0.312 e. The van der Waals surface area contributed by atoms with Crippen LogP contribution in [0.25, 0.3) is 0 Å². The minimum atomic E-state index is -0.970. The number of nitrogens with zero attached hydrogens (tertiary/aromatic N) is 2. The fourth-order valence-corrected chi connectivity index (χ4v) is 0.911. The topological polar surface area (TPSA) is 56.0 Å². The Balaban J connectivity index is 3.43. The van der Waals surface area contributed by atoms with Gasteiger partial charge in [0, 0.05) is 0 Å². The minimum absolute atomic E-state index is 0.0432. The van der Waals surface area contributed by atoms with E-state index in [1.54, 1.807) is 0 Å². The number of hydrogen-bond acceptors (Lipinski definition) is 3. The lowest BCUT2D eigenvalue weighted by molar-refractivity contribution is -0.388. The summed E-state index contributed by atoms with van der Waals surface area (Å²) in [7, 11) is 0. The Labute approximate surface area is 72.1 Å². The Hall–Kier alpha value is -1.23. The standard InChI is InChI=1S/C6H4ClFN2O2/c1-3-5(10(11)12)4(8)2-9-6(3)7/h2H,1H3. The average molecular weight is 191 g/mol. The molecule has 0 unspecified atom stereocenters. The van der Waals surface area contributed by atoms with Gasteiger partial charge in [0.1, 0.15) is 5.15 Å². The van der Waals surface area contributed by atoms with Crippen molar-refractivity contribution in [3.8, 4) is 0 Å². The molecule has 0 saturated carbocycles. The van der Waals surface area contributed by atoms with Gasteiger partial charge >= 0.3 is 5.69 Å². The van der Waals surface area contributed by atoms with Crippen LogP contribution in [0.1, 0.15) is 5.56 Å². The number of halogens is 2. The molecular formula is C6H4ClFN2O2. The molecule has 0 aliphatic heterocycles. The lowest BCUT2D eigenvalue weighted by atomic mass is 10.2. The molecule has 0 aliphatic rings. The van der Waals surface area contributed by atoms with E-state index >= 15 is 0 Å². The molecule has 0 amide bonds. The van der Waals surface area contributed by atoms with Crippen LogP contribution >= 0.6 is 11.6 Å². The van der Waals surface area contributed by atoms with E-state index in [0.29, 0.717) is 0 Å². The summed E-state index contributed by atoms with van der Waals surface area (Å²) in [5.74, 6) is -0.970. The van der Waals surface area contributed by atoms with Crippen molar-refractivity contribution in [3.63, 3.8) is 0 Å². The molecule has 0 saturated heterocycles. The van der Waals surface area contributed by atoms with Crippen LogP contribution in [0.4, 0.5) is 10.1 Å². The number of nitro groups is 1. The molecule has 0 radical (unpaired) electrons. The van der Waals surface area contributed by atoms with Crippen molar-refractivity contribution in [2.24, 2.45) is 0 Å². The Morgan fingerprint density at radius 1 is 1.75 bits per heavy atom. The molecule has 1 heterocycles. The van der Waals surface area contributed by atoms with Gasteiger partial charge in [-0.15, -0.1) is 0 Å². The highest BCUT2D eigenvalue weighted by Crippen LogP contribution is 2.25. The van der Waals surface area contributed by atoms with Crippen molar-refractivity contribution in [1.82, 2.24) is 4.98 Å². The second-order valence-electron chi connectivity index (χ2n) is 2.13. The predicted octanol–water partition coefficient (Wildman–Crippen LogP) is 2.09. The molecule has 1 rings (SSSR count). The minimum Gasteiger partial charge on any atom is -0.258 e. The molecule has 0 spiro atoms. The van der Waals surface area contributed by atoms with Gasteiger partial charge in [-0.2, -0.15) is 4.39 Å². The van der Waals surface area contributed by atoms with Crippen LogP contribution in [-0.2, 0) is 0 Å². The molecule has 6 heteroatoms. The summed E-state index contributed by atoms with van der Waals surface area (Å²) in [6.45, 7) is 1.34. The van der Waals surface area contributed by atoms with E-state index < -0.39 is 16.4 Å². The third kappa shape index (κ3) is 1.35. The quantitative estimate of drug-likeness (QED) is 0.387. The van der Waals surface area contributed by atoms with E-state index in [0.717, 1.165) is 6.20 Å². The first kappa shape index (κ1) is 8.86. The highest BCUT2D eigenvalue weighted by atomic mass is 35.5. The first-order valence-electron chi connectivity index (χ1n) is 2.99. The van der Waals surface area contributed by atoms with Gasteiger partial charge in [-0.25, -0.2) is 4.98 Å². The molecular weight excluding hydrogens is 187 g/mol. The van der Waals surface area contributed by atoms with Gasteiger partial charge in [0.2, 0.25) is 5.82 Å². The lowest BCUT2D eigenvalue weighted by Gasteiger charge is -1.98.